The summed E-state index contributed by atoms with van der Waals surface area (Å²) < 4.78 is 4.71. The van der Waals surface area contributed by atoms with E-state index in [1.54, 1.807) is 6.07 Å². The van der Waals surface area contributed by atoms with Gasteiger partial charge in [-0.3, -0.25) is 4.98 Å². The van der Waals surface area contributed by atoms with Gasteiger partial charge in [0.1, 0.15) is 12.0 Å². The van der Waals surface area contributed by atoms with E-state index in [0.29, 0.717) is 0 Å². The molecule has 0 aromatic carbocycles. The van der Waals surface area contributed by atoms with Crippen LogP contribution in [-0.2, 0) is 0 Å². The molecule has 2 aromatic rings. The van der Waals surface area contributed by atoms with Crippen molar-refractivity contribution in [1.82, 2.24) is 10.1 Å². The highest BCUT2D eigenvalue weighted by molar-refractivity contribution is 5.52. The van der Waals surface area contributed by atoms with Gasteiger partial charge in [-0.1, -0.05) is 11.2 Å². The number of aryl methyl sites for hydroxylation is 1. The topological polar surface area (TPSA) is 38.9 Å². The molecule has 2 heterocycles. The van der Waals surface area contributed by atoms with Gasteiger partial charge in [0.2, 0.25) is 0 Å². The number of pyridine rings is 1. The molecular formula is C9H8N2O. The molecule has 0 spiro atoms. The van der Waals surface area contributed by atoms with Crippen LogP contribution in [0.3, 0.4) is 0 Å². The van der Waals surface area contributed by atoms with Crippen LogP contribution >= 0.6 is 0 Å². The molecule has 0 atom stereocenters. The minimum atomic E-state index is 0.773. The maximum atomic E-state index is 4.71. The Morgan fingerprint density at radius 1 is 1.17 bits per heavy atom. The van der Waals surface area contributed by atoms with Crippen LogP contribution in [0.25, 0.3) is 11.4 Å². The second kappa shape index (κ2) is 2.77. The number of aromatic nitrogens is 2. The third-order valence-electron chi connectivity index (χ3n) is 1.61. The molecule has 0 aliphatic heterocycles. The Hall–Kier alpha value is -1.64. The first-order valence-corrected chi connectivity index (χ1v) is 3.70. The van der Waals surface area contributed by atoms with Crippen LogP contribution in [0, 0.1) is 6.92 Å². The highest BCUT2D eigenvalue weighted by Crippen LogP contribution is 2.13. The standard InChI is InChI=1S/C9H8N2O/c1-7-2-3-8(10-6-7)9-4-5-12-11-9/h2-6H,1H3. The molecule has 60 valence electrons. The van der Waals surface area contributed by atoms with Crippen molar-refractivity contribution >= 4 is 0 Å². The zero-order chi connectivity index (χ0) is 8.39. The molecule has 0 saturated heterocycles. The Labute approximate surface area is 70.0 Å². The third-order valence-corrected chi connectivity index (χ3v) is 1.61. The summed E-state index contributed by atoms with van der Waals surface area (Å²) in [6, 6.07) is 5.71. The summed E-state index contributed by atoms with van der Waals surface area (Å²) in [6.45, 7) is 2.00. The van der Waals surface area contributed by atoms with Crippen LogP contribution in [-0.4, -0.2) is 10.1 Å². The lowest BCUT2D eigenvalue weighted by molar-refractivity contribution is 0.422. The molecule has 0 radical (unpaired) electrons. The van der Waals surface area contributed by atoms with Crippen molar-refractivity contribution in [3.63, 3.8) is 0 Å². The fourth-order valence-corrected chi connectivity index (χ4v) is 0.964. The van der Waals surface area contributed by atoms with E-state index in [2.05, 4.69) is 10.1 Å². The summed E-state index contributed by atoms with van der Waals surface area (Å²) in [5.41, 5.74) is 2.76. The van der Waals surface area contributed by atoms with Crippen LogP contribution in [0.5, 0.6) is 0 Å². The van der Waals surface area contributed by atoms with E-state index in [1.807, 2.05) is 25.3 Å². The average molecular weight is 160 g/mol. The Kier molecular flexibility index (Phi) is 1.63. The molecule has 0 bridgehead atoms. The van der Waals surface area contributed by atoms with Crippen LogP contribution < -0.4 is 0 Å². The molecule has 0 amide bonds. The van der Waals surface area contributed by atoms with Crippen molar-refractivity contribution < 1.29 is 4.52 Å². The number of hydrogen-bond donors (Lipinski definition) is 0. The average Bonchev–Trinajstić information content (AvgIpc) is 2.58. The van der Waals surface area contributed by atoms with Gasteiger partial charge < -0.3 is 4.52 Å². The van der Waals surface area contributed by atoms with Gasteiger partial charge in [0.05, 0.1) is 5.69 Å². The zero-order valence-corrected chi connectivity index (χ0v) is 6.69. The molecule has 0 aliphatic carbocycles. The highest BCUT2D eigenvalue weighted by atomic mass is 16.5. The molecule has 2 aromatic heterocycles. The van der Waals surface area contributed by atoms with Crippen molar-refractivity contribution in [2.24, 2.45) is 0 Å². The van der Waals surface area contributed by atoms with Crippen molar-refractivity contribution in [3.05, 3.63) is 36.2 Å². The maximum Gasteiger partial charge on any atom is 0.132 e. The SMILES string of the molecule is Cc1ccc(-c2ccon2)nc1. The van der Waals surface area contributed by atoms with Crippen LogP contribution in [0.2, 0.25) is 0 Å². The van der Waals surface area contributed by atoms with E-state index in [1.165, 1.54) is 6.26 Å². The molecule has 3 heteroatoms. The minimum absolute atomic E-state index is 0.773. The summed E-state index contributed by atoms with van der Waals surface area (Å²) in [5, 5.41) is 3.78. The smallest absolute Gasteiger partial charge is 0.132 e. The molecule has 0 aliphatic rings. The Bertz CT molecular complexity index is 351. The zero-order valence-electron chi connectivity index (χ0n) is 6.69. The van der Waals surface area contributed by atoms with Crippen molar-refractivity contribution in [1.29, 1.82) is 0 Å². The lowest BCUT2D eigenvalue weighted by atomic mass is 10.2. The van der Waals surface area contributed by atoms with Crippen LogP contribution in [0.4, 0.5) is 0 Å². The van der Waals surface area contributed by atoms with Crippen molar-refractivity contribution in [2.75, 3.05) is 0 Å². The first-order chi connectivity index (χ1) is 5.86. The van der Waals surface area contributed by atoms with E-state index in [9.17, 15) is 0 Å². The molecule has 3 nitrogen and oxygen atoms in total. The summed E-state index contributed by atoms with van der Waals surface area (Å²) in [6.07, 6.45) is 3.35. The molecule has 0 unspecified atom stereocenters. The van der Waals surface area contributed by atoms with Gasteiger partial charge >= 0.3 is 0 Å². The fraction of sp³-hybridized carbons (Fsp3) is 0.111. The first-order valence-electron chi connectivity index (χ1n) is 3.70. The predicted octanol–water partition coefficient (Wildman–Crippen LogP) is 2.05. The maximum absolute atomic E-state index is 4.71. The first kappa shape index (κ1) is 7.03. The Morgan fingerprint density at radius 3 is 2.67 bits per heavy atom. The predicted molar refractivity (Wildman–Crippen MR) is 44.5 cm³/mol. The van der Waals surface area contributed by atoms with E-state index in [-0.39, 0.29) is 0 Å². The van der Waals surface area contributed by atoms with E-state index in [0.717, 1.165) is 17.0 Å². The number of nitrogens with zero attached hydrogens (tertiary/aromatic N) is 2. The van der Waals surface area contributed by atoms with Gasteiger partial charge in [-0.15, -0.1) is 0 Å². The molecule has 2 rings (SSSR count). The molecule has 12 heavy (non-hydrogen) atoms. The van der Waals surface area contributed by atoms with Gasteiger partial charge in [-0.25, -0.2) is 0 Å². The summed E-state index contributed by atoms with van der Waals surface area (Å²) >= 11 is 0. The Morgan fingerprint density at radius 2 is 2.08 bits per heavy atom. The lowest BCUT2D eigenvalue weighted by Crippen LogP contribution is -1.82. The highest BCUT2D eigenvalue weighted by Gasteiger charge is 2.00. The van der Waals surface area contributed by atoms with Crippen molar-refractivity contribution in [2.45, 2.75) is 6.92 Å². The van der Waals surface area contributed by atoms with Crippen molar-refractivity contribution in [3.8, 4) is 11.4 Å². The summed E-state index contributed by atoms with van der Waals surface area (Å²) in [7, 11) is 0. The summed E-state index contributed by atoms with van der Waals surface area (Å²) in [4.78, 5) is 4.20. The lowest BCUT2D eigenvalue weighted by Gasteiger charge is -1.93. The van der Waals surface area contributed by atoms with Gasteiger partial charge in [0, 0.05) is 12.3 Å². The molecule has 0 fully saturated rings. The van der Waals surface area contributed by atoms with Gasteiger partial charge in [-0.05, 0) is 18.6 Å². The van der Waals surface area contributed by atoms with E-state index in [4.69, 9.17) is 4.52 Å². The van der Waals surface area contributed by atoms with Gasteiger partial charge in [0.25, 0.3) is 0 Å². The van der Waals surface area contributed by atoms with Gasteiger partial charge in [-0.2, -0.15) is 0 Å². The Balaban J connectivity index is 2.43. The number of hydrogen-bond acceptors (Lipinski definition) is 3. The summed E-state index contributed by atoms with van der Waals surface area (Å²) in [5.74, 6) is 0. The second-order valence-electron chi connectivity index (χ2n) is 2.61. The van der Waals surface area contributed by atoms with Crippen LogP contribution in [0.15, 0.2) is 35.2 Å². The molecular weight excluding hydrogens is 152 g/mol. The molecule has 0 saturated carbocycles. The minimum Gasteiger partial charge on any atom is -0.364 e. The monoisotopic (exact) mass is 160 g/mol. The van der Waals surface area contributed by atoms with Gasteiger partial charge in [0.15, 0.2) is 0 Å². The second-order valence-corrected chi connectivity index (χ2v) is 2.61. The van der Waals surface area contributed by atoms with Crippen LogP contribution in [0.1, 0.15) is 5.56 Å². The van der Waals surface area contributed by atoms with E-state index < -0.39 is 0 Å². The number of rotatable bonds is 1. The van der Waals surface area contributed by atoms with E-state index >= 15 is 0 Å². The normalized spacial score (nSPS) is 10.1. The quantitative estimate of drug-likeness (QED) is 0.640. The largest absolute Gasteiger partial charge is 0.364 e. The molecule has 0 N–H and O–H groups in total. The fourth-order valence-electron chi connectivity index (χ4n) is 0.964. The third kappa shape index (κ3) is 1.21.